The Hall–Kier alpha value is -2.81. The lowest BCUT2D eigenvalue weighted by Crippen LogP contribution is -2.51. The first-order valence-electron chi connectivity index (χ1n) is 11.0. The molecule has 2 atom stereocenters. The van der Waals surface area contributed by atoms with Gasteiger partial charge in [-0.25, -0.2) is 10.3 Å². The summed E-state index contributed by atoms with van der Waals surface area (Å²) in [6, 6.07) is 9.97. The van der Waals surface area contributed by atoms with E-state index in [0.29, 0.717) is 32.1 Å². The van der Waals surface area contributed by atoms with E-state index >= 15 is 0 Å². The van der Waals surface area contributed by atoms with Crippen molar-refractivity contribution in [1.82, 2.24) is 15.7 Å². The zero-order valence-electron chi connectivity index (χ0n) is 17.5. The molecule has 1 aliphatic heterocycles. The van der Waals surface area contributed by atoms with Gasteiger partial charge in [0.25, 0.3) is 0 Å². The van der Waals surface area contributed by atoms with Crippen LogP contribution in [0.5, 0.6) is 0 Å². The van der Waals surface area contributed by atoms with Crippen LogP contribution in [0, 0.1) is 11.8 Å². The molecule has 2 unspecified atom stereocenters. The first-order valence-corrected chi connectivity index (χ1v) is 11.0. The number of carbonyl (C=O) groups excluding carboxylic acids is 3. The molecule has 2 aliphatic carbocycles. The fourth-order valence-corrected chi connectivity index (χ4v) is 4.57. The number of amides is 3. The molecule has 9 heteroatoms. The maximum atomic E-state index is 12.9. The van der Waals surface area contributed by atoms with Crippen LogP contribution in [0.1, 0.15) is 32.1 Å². The molecule has 168 valence electrons. The first kappa shape index (κ1) is 21.4. The van der Waals surface area contributed by atoms with Crippen LogP contribution < -0.4 is 15.7 Å². The number of nitrogens with one attached hydrogen (secondary N) is 2. The van der Waals surface area contributed by atoms with Gasteiger partial charge in [-0.3, -0.25) is 14.8 Å². The summed E-state index contributed by atoms with van der Waals surface area (Å²) in [4.78, 5) is 40.5. The Morgan fingerprint density at radius 3 is 2.29 bits per heavy atom. The lowest BCUT2D eigenvalue weighted by atomic mass is 9.86. The van der Waals surface area contributed by atoms with Gasteiger partial charge >= 0.3 is 6.09 Å². The molecule has 9 nitrogen and oxygen atoms in total. The minimum Gasteiger partial charge on any atom is -0.446 e. The minimum absolute atomic E-state index is 0.00718. The highest BCUT2D eigenvalue weighted by Gasteiger charge is 2.44. The molecular weight excluding hydrogens is 400 g/mol. The third kappa shape index (κ3) is 5.28. The molecule has 0 radical (unpaired) electrons. The smallest absolute Gasteiger partial charge is 0.407 e. The molecule has 2 saturated carbocycles. The molecule has 3 amide bonds. The van der Waals surface area contributed by atoms with E-state index in [1.54, 1.807) is 5.48 Å². The number of nitrogens with zero attached hydrogens (tertiary/aromatic N) is 2. The lowest BCUT2D eigenvalue weighted by Gasteiger charge is -2.38. The third-order valence-corrected chi connectivity index (χ3v) is 6.55. The summed E-state index contributed by atoms with van der Waals surface area (Å²) in [5.41, 5.74) is 2.79. The molecule has 4 rings (SSSR count). The Kier molecular flexibility index (Phi) is 6.60. The van der Waals surface area contributed by atoms with Crippen molar-refractivity contribution < 1.29 is 24.3 Å². The Labute approximate surface area is 181 Å². The molecule has 1 saturated heterocycles. The van der Waals surface area contributed by atoms with Crippen molar-refractivity contribution >= 4 is 23.6 Å². The Morgan fingerprint density at radius 2 is 1.65 bits per heavy atom. The van der Waals surface area contributed by atoms with Crippen molar-refractivity contribution in [2.75, 3.05) is 31.1 Å². The predicted molar refractivity (Wildman–Crippen MR) is 112 cm³/mol. The lowest BCUT2D eigenvalue weighted by molar-refractivity contribution is -0.137. The molecule has 1 aromatic rings. The van der Waals surface area contributed by atoms with E-state index in [0.717, 1.165) is 26.2 Å². The number of benzene rings is 1. The molecule has 0 aromatic heterocycles. The van der Waals surface area contributed by atoms with Crippen LogP contribution in [-0.4, -0.2) is 66.3 Å². The predicted octanol–water partition coefficient (Wildman–Crippen LogP) is 1.51. The van der Waals surface area contributed by atoms with Crippen molar-refractivity contribution in [3.8, 4) is 0 Å². The van der Waals surface area contributed by atoms with Crippen LogP contribution in [0.25, 0.3) is 0 Å². The molecule has 1 aromatic carbocycles. The van der Waals surface area contributed by atoms with Crippen molar-refractivity contribution in [2.45, 2.75) is 44.2 Å². The van der Waals surface area contributed by atoms with Gasteiger partial charge in [0.2, 0.25) is 11.8 Å². The Morgan fingerprint density at radius 1 is 0.968 bits per heavy atom. The number of piperazine rings is 1. The van der Waals surface area contributed by atoms with E-state index in [-0.39, 0.29) is 24.0 Å². The Bertz CT molecular complexity index is 788. The van der Waals surface area contributed by atoms with E-state index in [2.05, 4.69) is 22.3 Å². The summed E-state index contributed by atoms with van der Waals surface area (Å²) in [5, 5.41) is 11.3. The molecule has 31 heavy (non-hydrogen) atoms. The summed E-state index contributed by atoms with van der Waals surface area (Å²) in [5.74, 6) is -0.680. The van der Waals surface area contributed by atoms with E-state index in [1.807, 2.05) is 23.1 Å². The molecule has 3 aliphatic rings. The summed E-state index contributed by atoms with van der Waals surface area (Å²) in [6.07, 6.45) is 2.52. The topological polar surface area (TPSA) is 111 Å². The number of anilines is 1. The second-order valence-corrected chi connectivity index (χ2v) is 8.60. The summed E-state index contributed by atoms with van der Waals surface area (Å²) < 4.78 is 5.46. The van der Waals surface area contributed by atoms with E-state index < -0.39 is 17.9 Å². The average molecular weight is 431 g/mol. The van der Waals surface area contributed by atoms with Gasteiger partial charge in [0.05, 0.1) is 5.92 Å². The molecular formula is C22H30N4O5. The molecule has 3 fully saturated rings. The number of hydrogen-bond donors (Lipinski definition) is 3. The van der Waals surface area contributed by atoms with Gasteiger partial charge in [0.1, 0.15) is 6.10 Å². The summed E-state index contributed by atoms with van der Waals surface area (Å²) in [7, 11) is 0. The van der Waals surface area contributed by atoms with Crippen LogP contribution in [0.2, 0.25) is 0 Å². The van der Waals surface area contributed by atoms with Gasteiger partial charge in [-0.1, -0.05) is 18.2 Å². The zero-order valence-corrected chi connectivity index (χ0v) is 17.5. The van der Waals surface area contributed by atoms with E-state index in [4.69, 9.17) is 9.94 Å². The number of ether oxygens (including phenoxy) is 1. The summed E-state index contributed by atoms with van der Waals surface area (Å²) in [6.45, 7) is 3.14. The standard InChI is InChI=1S/C22H30N4O5/c27-20(24-30)18-14-19(18)23-22(29)31-17-8-6-15(7-9-17)21(28)26-12-10-25(11-13-26)16-4-2-1-3-5-16/h1-5,15,17-19,30H,6-14H2,(H,23,29)(H,24,27). The van der Waals surface area contributed by atoms with Gasteiger partial charge < -0.3 is 19.9 Å². The number of hydroxylamine groups is 1. The fraction of sp³-hybridized carbons (Fsp3) is 0.591. The number of alkyl carbamates (subject to hydrolysis) is 1. The van der Waals surface area contributed by atoms with Crippen molar-refractivity contribution in [3.05, 3.63) is 30.3 Å². The number of carbonyl (C=O) groups is 3. The second-order valence-electron chi connectivity index (χ2n) is 8.60. The van der Waals surface area contributed by atoms with Crippen molar-refractivity contribution in [3.63, 3.8) is 0 Å². The minimum atomic E-state index is -0.537. The van der Waals surface area contributed by atoms with E-state index in [1.165, 1.54) is 5.69 Å². The van der Waals surface area contributed by atoms with Gasteiger partial charge in [-0.15, -0.1) is 0 Å². The van der Waals surface area contributed by atoms with Crippen LogP contribution in [0.3, 0.4) is 0 Å². The van der Waals surface area contributed by atoms with Crippen molar-refractivity contribution in [2.24, 2.45) is 11.8 Å². The van der Waals surface area contributed by atoms with Crippen LogP contribution in [0.4, 0.5) is 10.5 Å². The normalized spacial score (nSPS) is 27.9. The van der Waals surface area contributed by atoms with Crippen LogP contribution in [-0.2, 0) is 14.3 Å². The maximum Gasteiger partial charge on any atom is 0.407 e. The maximum absolute atomic E-state index is 12.9. The monoisotopic (exact) mass is 430 g/mol. The highest BCUT2D eigenvalue weighted by Crippen LogP contribution is 2.31. The van der Waals surface area contributed by atoms with Gasteiger partial charge in [0, 0.05) is 43.8 Å². The Balaban J connectivity index is 1.16. The quantitative estimate of drug-likeness (QED) is 0.482. The van der Waals surface area contributed by atoms with Gasteiger partial charge in [-0.05, 0) is 44.2 Å². The molecule has 3 N–H and O–H groups in total. The van der Waals surface area contributed by atoms with E-state index in [9.17, 15) is 14.4 Å². The number of para-hydroxylation sites is 1. The first-order chi connectivity index (χ1) is 15.0. The van der Waals surface area contributed by atoms with Crippen LogP contribution in [0.15, 0.2) is 30.3 Å². The van der Waals surface area contributed by atoms with Gasteiger partial charge in [0.15, 0.2) is 0 Å². The molecule has 1 heterocycles. The highest BCUT2D eigenvalue weighted by molar-refractivity contribution is 5.82. The number of hydrogen-bond acceptors (Lipinski definition) is 6. The second kappa shape index (κ2) is 9.55. The number of rotatable bonds is 5. The summed E-state index contributed by atoms with van der Waals surface area (Å²) >= 11 is 0. The SMILES string of the molecule is O=C(NC1CC1C(=O)NO)OC1CCC(C(=O)N2CCN(c3ccccc3)CC2)CC1. The van der Waals surface area contributed by atoms with Crippen molar-refractivity contribution in [1.29, 1.82) is 0 Å². The third-order valence-electron chi connectivity index (χ3n) is 6.55. The van der Waals surface area contributed by atoms with Gasteiger partial charge in [-0.2, -0.15) is 0 Å². The highest BCUT2D eigenvalue weighted by atomic mass is 16.6. The fourth-order valence-electron chi connectivity index (χ4n) is 4.57. The average Bonchev–Trinajstić information content (AvgIpc) is 3.58. The largest absolute Gasteiger partial charge is 0.446 e. The van der Waals surface area contributed by atoms with Crippen LogP contribution >= 0.6 is 0 Å². The zero-order chi connectivity index (χ0) is 21.8. The molecule has 0 spiro atoms. The molecule has 0 bridgehead atoms.